The van der Waals surface area contributed by atoms with Crippen molar-refractivity contribution in [1.82, 2.24) is 9.88 Å². The summed E-state index contributed by atoms with van der Waals surface area (Å²) in [5.41, 5.74) is 2.71. The highest BCUT2D eigenvalue weighted by Gasteiger charge is 2.14. The summed E-state index contributed by atoms with van der Waals surface area (Å²) in [6, 6.07) is 15.4. The Labute approximate surface area is 151 Å². The molecule has 0 atom stereocenters. The van der Waals surface area contributed by atoms with Crippen LogP contribution < -0.4 is 5.32 Å². The number of aromatic nitrogens is 1. The molecular formula is C19H18Cl2N2O. The molecule has 3 nitrogen and oxygen atoms in total. The number of fused-ring (bicyclic) bond motifs is 1. The highest BCUT2D eigenvalue weighted by atomic mass is 35.5. The molecule has 1 amide bonds. The van der Waals surface area contributed by atoms with Gasteiger partial charge in [0.05, 0.1) is 5.56 Å². The fourth-order valence-electron chi connectivity index (χ4n) is 2.77. The second-order valence-electron chi connectivity index (χ2n) is 5.61. The maximum absolute atomic E-state index is 12.6. The maximum Gasteiger partial charge on any atom is 0.253 e. The van der Waals surface area contributed by atoms with Crippen molar-refractivity contribution in [2.45, 2.75) is 19.5 Å². The van der Waals surface area contributed by atoms with E-state index in [1.165, 1.54) is 0 Å². The Balaban J connectivity index is 1.81. The van der Waals surface area contributed by atoms with Crippen LogP contribution in [0, 0.1) is 0 Å². The molecule has 1 N–H and O–H groups in total. The standard InChI is InChI=1S/C19H18Cl2N2O/c20-9-4-10-23-13-17(16-7-1-2-8-18(16)23)19(24)22-12-14-5-3-6-15(21)11-14/h1-3,5-8,11,13H,4,9-10,12H2,(H,22,24). The second-order valence-corrected chi connectivity index (χ2v) is 6.42. The van der Waals surface area contributed by atoms with Gasteiger partial charge in [-0.2, -0.15) is 0 Å². The highest BCUT2D eigenvalue weighted by molar-refractivity contribution is 6.30. The van der Waals surface area contributed by atoms with Crippen LogP contribution in [0.15, 0.2) is 54.7 Å². The van der Waals surface area contributed by atoms with E-state index in [1.807, 2.05) is 54.7 Å². The van der Waals surface area contributed by atoms with E-state index in [0.717, 1.165) is 29.4 Å². The number of benzene rings is 2. The molecular weight excluding hydrogens is 343 g/mol. The van der Waals surface area contributed by atoms with Crippen LogP contribution in [0.5, 0.6) is 0 Å². The molecule has 3 aromatic rings. The Morgan fingerprint density at radius 2 is 1.96 bits per heavy atom. The minimum atomic E-state index is -0.0872. The van der Waals surface area contributed by atoms with Gasteiger partial charge in [0.25, 0.3) is 5.91 Å². The molecule has 1 heterocycles. The number of carbonyl (C=O) groups is 1. The van der Waals surface area contributed by atoms with Gasteiger partial charge in [-0.1, -0.05) is 41.9 Å². The smallest absolute Gasteiger partial charge is 0.253 e. The number of amides is 1. The second kappa shape index (κ2) is 7.73. The quantitative estimate of drug-likeness (QED) is 0.626. The topological polar surface area (TPSA) is 34.0 Å². The van der Waals surface area contributed by atoms with E-state index in [2.05, 4.69) is 9.88 Å². The van der Waals surface area contributed by atoms with E-state index < -0.39 is 0 Å². The van der Waals surface area contributed by atoms with E-state index in [-0.39, 0.29) is 5.91 Å². The van der Waals surface area contributed by atoms with Gasteiger partial charge in [-0.3, -0.25) is 4.79 Å². The summed E-state index contributed by atoms with van der Waals surface area (Å²) in [6.45, 7) is 1.24. The zero-order valence-electron chi connectivity index (χ0n) is 13.1. The molecule has 0 saturated carbocycles. The zero-order chi connectivity index (χ0) is 16.9. The first-order valence-corrected chi connectivity index (χ1v) is 8.77. The lowest BCUT2D eigenvalue weighted by molar-refractivity contribution is 0.0952. The van der Waals surface area contributed by atoms with Crippen molar-refractivity contribution in [1.29, 1.82) is 0 Å². The number of hydrogen-bond acceptors (Lipinski definition) is 1. The normalized spacial score (nSPS) is 10.9. The maximum atomic E-state index is 12.6. The Morgan fingerprint density at radius 3 is 2.75 bits per heavy atom. The summed E-state index contributed by atoms with van der Waals surface area (Å²) in [6.07, 6.45) is 2.77. The van der Waals surface area contributed by atoms with Crippen molar-refractivity contribution >= 4 is 40.0 Å². The zero-order valence-corrected chi connectivity index (χ0v) is 14.6. The number of aryl methyl sites for hydroxylation is 1. The molecule has 0 aliphatic rings. The van der Waals surface area contributed by atoms with Gasteiger partial charge in [-0.25, -0.2) is 0 Å². The summed E-state index contributed by atoms with van der Waals surface area (Å²) in [4.78, 5) is 12.6. The van der Waals surface area contributed by atoms with Crippen molar-refractivity contribution in [3.63, 3.8) is 0 Å². The minimum absolute atomic E-state index is 0.0872. The molecule has 0 aliphatic carbocycles. The summed E-state index contributed by atoms with van der Waals surface area (Å²) in [5.74, 6) is 0.513. The Bertz CT molecular complexity index is 857. The number of nitrogens with zero attached hydrogens (tertiary/aromatic N) is 1. The van der Waals surface area contributed by atoms with Gasteiger partial charge in [-0.05, 0) is 30.2 Å². The number of rotatable bonds is 6. The van der Waals surface area contributed by atoms with Crippen LogP contribution in [0.25, 0.3) is 10.9 Å². The first-order chi connectivity index (χ1) is 11.7. The number of para-hydroxylation sites is 1. The minimum Gasteiger partial charge on any atom is -0.348 e. The van der Waals surface area contributed by atoms with Crippen LogP contribution in [0.2, 0.25) is 5.02 Å². The van der Waals surface area contributed by atoms with Gasteiger partial charge in [0.2, 0.25) is 0 Å². The molecule has 0 bridgehead atoms. The van der Waals surface area contributed by atoms with Crippen LogP contribution in [0.3, 0.4) is 0 Å². The lowest BCUT2D eigenvalue weighted by atomic mass is 10.1. The molecule has 0 fully saturated rings. The SMILES string of the molecule is O=C(NCc1cccc(Cl)c1)c1cn(CCCCl)c2ccccc12. The van der Waals surface area contributed by atoms with Crippen molar-refractivity contribution in [3.8, 4) is 0 Å². The predicted octanol–water partition coefficient (Wildman–Crippen LogP) is 4.85. The third-order valence-electron chi connectivity index (χ3n) is 3.91. The lowest BCUT2D eigenvalue weighted by Gasteiger charge is -2.05. The molecule has 0 radical (unpaired) electrons. The van der Waals surface area contributed by atoms with Crippen LogP contribution in [-0.2, 0) is 13.1 Å². The van der Waals surface area contributed by atoms with Gasteiger partial charge in [0.1, 0.15) is 0 Å². The molecule has 2 aromatic carbocycles. The fraction of sp³-hybridized carbons (Fsp3) is 0.211. The predicted molar refractivity (Wildman–Crippen MR) is 99.9 cm³/mol. The molecule has 1 aromatic heterocycles. The number of carbonyl (C=O) groups excluding carboxylic acids is 1. The van der Waals surface area contributed by atoms with Gasteiger partial charge < -0.3 is 9.88 Å². The number of halogens is 2. The third-order valence-corrected chi connectivity index (χ3v) is 4.41. The Morgan fingerprint density at radius 1 is 1.12 bits per heavy atom. The van der Waals surface area contributed by atoms with Crippen molar-refractivity contribution in [3.05, 3.63) is 70.9 Å². The number of nitrogens with one attached hydrogen (secondary N) is 1. The van der Waals surface area contributed by atoms with Crippen LogP contribution >= 0.6 is 23.2 Å². The van der Waals surface area contributed by atoms with Crippen LogP contribution in [-0.4, -0.2) is 16.4 Å². The Kier molecular flexibility index (Phi) is 5.44. The van der Waals surface area contributed by atoms with E-state index in [9.17, 15) is 4.79 Å². The van der Waals surface area contributed by atoms with Gasteiger partial charge >= 0.3 is 0 Å². The lowest BCUT2D eigenvalue weighted by Crippen LogP contribution is -2.22. The molecule has 5 heteroatoms. The average molecular weight is 361 g/mol. The van der Waals surface area contributed by atoms with Crippen molar-refractivity contribution < 1.29 is 4.79 Å². The number of hydrogen-bond donors (Lipinski definition) is 1. The van der Waals surface area contributed by atoms with Gasteiger partial charge in [-0.15, -0.1) is 11.6 Å². The summed E-state index contributed by atoms with van der Waals surface area (Å²) in [5, 5.41) is 4.59. The van der Waals surface area contributed by atoms with E-state index >= 15 is 0 Å². The molecule has 3 rings (SSSR count). The van der Waals surface area contributed by atoms with Crippen LogP contribution in [0.4, 0.5) is 0 Å². The summed E-state index contributed by atoms with van der Waals surface area (Å²) >= 11 is 11.8. The third kappa shape index (κ3) is 3.74. The Hall–Kier alpha value is -1.97. The van der Waals surface area contributed by atoms with E-state index in [0.29, 0.717) is 23.0 Å². The number of alkyl halides is 1. The van der Waals surface area contributed by atoms with Crippen molar-refractivity contribution in [2.75, 3.05) is 5.88 Å². The molecule has 0 unspecified atom stereocenters. The van der Waals surface area contributed by atoms with E-state index in [4.69, 9.17) is 23.2 Å². The molecule has 0 saturated heterocycles. The van der Waals surface area contributed by atoms with E-state index in [1.54, 1.807) is 0 Å². The molecule has 24 heavy (non-hydrogen) atoms. The first kappa shape index (κ1) is 16.9. The largest absolute Gasteiger partial charge is 0.348 e. The fourth-order valence-corrected chi connectivity index (χ4v) is 3.10. The highest BCUT2D eigenvalue weighted by Crippen LogP contribution is 2.22. The van der Waals surface area contributed by atoms with Crippen molar-refractivity contribution in [2.24, 2.45) is 0 Å². The van der Waals surface area contributed by atoms with Gasteiger partial charge in [0.15, 0.2) is 0 Å². The molecule has 0 aliphatic heterocycles. The summed E-state index contributed by atoms with van der Waals surface area (Å²) < 4.78 is 2.09. The van der Waals surface area contributed by atoms with Crippen LogP contribution in [0.1, 0.15) is 22.3 Å². The molecule has 0 spiro atoms. The summed E-state index contributed by atoms with van der Waals surface area (Å²) in [7, 11) is 0. The first-order valence-electron chi connectivity index (χ1n) is 7.85. The van der Waals surface area contributed by atoms with Gasteiger partial charge in [0, 0.05) is 41.1 Å². The monoisotopic (exact) mass is 360 g/mol. The molecule has 124 valence electrons. The average Bonchev–Trinajstić information content (AvgIpc) is 2.97.